The SMILES string of the molecule is Clc1cc(-c2nc[nH]n2)ccn1. The fourth-order valence-corrected chi connectivity index (χ4v) is 1.06. The molecule has 0 aliphatic heterocycles. The summed E-state index contributed by atoms with van der Waals surface area (Å²) in [6, 6.07) is 3.51. The Hall–Kier alpha value is -1.42. The first-order valence-electron chi connectivity index (χ1n) is 3.34. The van der Waals surface area contributed by atoms with Crippen LogP contribution in [-0.2, 0) is 0 Å². The Morgan fingerprint density at radius 1 is 1.33 bits per heavy atom. The van der Waals surface area contributed by atoms with Crippen LogP contribution in [0.1, 0.15) is 0 Å². The van der Waals surface area contributed by atoms with E-state index in [-0.39, 0.29) is 0 Å². The molecule has 2 aromatic rings. The molecule has 0 amide bonds. The fourth-order valence-electron chi connectivity index (χ4n) is 0.890. The lowest BCUT2D eigenvalue weighted by atomic mass is 10.2. The van der Waals surface area contributed by atoms with Crippen molar-refractivity contribution in [3.05, 3.63) is 29.8 Å². The number of hydrogen-bond acceptors (Lipinski definition) is 3. The molecule has 0 bridgehead atoms. The Morgan fingerprint density at radius 3 is 2.92 bits per heavy atom. The third kappa shape index (κ3) is 1.29. The van der Waals surface area contributed by atoms with Crippen LogP contribution in [0.5, 0.6) is 0 Å². The fraction of sp³-hybridized carbons (Fsp3) is 0. The number of rotatable bonds is 1. The predicted octanol–water partition coefficient (Wildman–Crippen LogP) is 1.52. The van der Waals surface area contributed by atoms with E-state index in [1.165, 1.54) is 6.33 Å². The van der Waals surface area contributed by atoms with Crippen LogP contribution in [0.4, 0.5) is 0 Å². The van der Waals surface area contributed by atoms with Crippen molar-refractivity contribution in [3.63, 3.8) is 0 Å². The maximum absolute atomic E-state index is 5.68. The Bertz CT molecular complexity index is 371. The van der Waals surface area contributed by atoms with Crippen LogP contribution >= 0.6 is 11.6 Å². The number of pyridine rings is 1. The quantitative estimate of drug-likeness (QED) is 0.677. The van der Waals surface area contributed by atoms with Crippen molar-refractivity contribution in [1.82, 2.24) is 20.2 Å². The lowest BCUT2D eigenvalue weighted by Crippen LogP contribution is -1.81. The second-order valence-electron chi connectivity index (χ2n) is 2.19. The van der Waals surface area contributed by atoms with Crippen molar-refractivity contribution in [3.8, 4) is 11.4 Å². The molecule has 2 aromatic heterocycles. The van der Waals surface area contributed by atoms with E-state index in [4.69, 9.17) is 11.6 Å². The second-order valence-corrected chi connectivity index (χ2v) is 2.58. The summed E-state index contributed by atoms with van der Waals surface area (Å²) < 4.78 is 0. The molecule has 0 saturated heterocycles. The monoisotopic (exact) mass is 180 g/mol. The van der Waals surface area contributed by atoms with Crippen LogP contribution in [0.3, 0.4) is 0 Å². The number of H-pyrrole nitrogens is 1. The van der Waals surface area contributed by atoms with Crippen LogP contribution in [0.15, 0.2) is 24.7 Å². The molecule has 0 aliphatic rings. The summed E-state index contributed by atoms with van der Waals surface area (Å²) in [7, 11) is 0. The van der Waals surface area contributed by atoms with Gasteiger partial charge < -0.3 is 0 Å². The molecule has 60 valence electrons. The summed E-state index contributed by atoms with van der Waals surface area (Å²) in [4.78, 5) is 7.82. The van der Waals surface area contributed by atoms with E-state index in [0.29, 0.717) is 11.0 Å². The van der Waals surface area contributed by atoms with Gasteiger partial charge in [-0.25, -0.2) is 9.97 Å². The summed E-state index contributed by atoms with van der Waals surface area (Å²) in [5.41, 5.74) is 0.858. The van der Waals surface area contributed by atoms with E-state index < -0.39 is 0 Å². The topological polar surface area (TPSA) is 54.5 Å². The van der Waals surface area contributed by atoms with E-state index in [2.05, 4.69) is 20.2 Å². The molecule has 0 fully saturated rings. The number of aromatic nitrogens is 4. The molecule has 5 heteroatoms. The summed E-state index contributed by atoms with van der Waals surface area (Å²) in [5.74, 6) is 0.624. The first kappa shape index (κ1) is 7.24. The zero-order valence-corrected chi connectivity index (χ0v) is 6.78. The summed E-state index contributed by atoms with van der Waals surface area (Å²) >= 11 is 5.68. The molecule has 0 spiro atoms. The number of halogens is 1. The summed E-state index contributed by atoms with van der Waals surface area (Å²) in [6.45, 7) is 0. The van der Waals surface area contributed by atoms with E-state index in [1.807, 2.05) is 0 Å². The van der Waals surface area contributed by atoms with Crippen LogP contribution in [0, 0.1) is 0 Å². The van der Waals surface area contributed by atoms with Gasteiger partial charge in [-0.2, -0.15) is 5.10 Å². The molecule has 0 aromatic carbocycles. The molecule has 4 nitrogen and oxygen atoms in total. The summed E-state index contributed by atoms with van der Waals surface area (Å²) in [5, 5.41) is 6.97. The summed E-state index contributed by atoms with van der Waals surface area (Å²) in [6.07, 6.45) is 3.14. The third-order valence-corrected chi connectivity index (χ3v) is 1.61. The molecule has 12 heavy (non-hydrogen) atoms. The molecule has 0 atom stereocenters. The van der Waals surface area contributed by atoms with Gasteiger partial charge in [-0.05, 0) is 12.1 Å². The molecule has 0 aliphatic carbocycles. The van der Waals surface area contributed by atoms with E-state index in [1.54, 1.807) is 18.3 Å². The van der Waals surface area contributed by atoms with Gasteiger partial charge in [0.15, 0.2) is 5.82 Å². The van der Waals surface area contributed by atoms with E-state index >= 15 is 0 Å². The van der Waals surface area contributed by atoms with Crippen LogP contribution in [0.25, 0.3) is 11.4 Å². The first-order chi connectivity index (χ1) is 5.86. The standard InChI is InChI=1S/C7H5ClN4/c8-6-3-5(1-2-9-6)7-10-4-11-12-7/h1-4H,(H,10,11,12). The van der Waals surface area contributed by atoms with Crippen molar-refractivity contribution in [1.29, 1.82) is 0 Å². The number of nitrogens with one attached hydrogen (secondary N) is 1. The molecular weight excluding hydrogens is 176 g/mol. The molecule has 0 radical (unpaired) electrons. The molecule has 1 N–H and O–H groups in total. The average Bonchev–Trinajstić information content (AvgIpc) is 2.56. The minimum Gasteiger partial charge on any atom is -0.265 e. The van der Waals surface area contributed by atoms with Crippen LogP contribution in [-0.4, -0.2) is 20.2 Å². The number of nitrogens with zero attached hydrogens (tertiary/aromatic N) is 3. The lowest BCUT2D eigenvalue weighted by molar-refractivity contribution is 1.09. The van der Waals surface area contributed by atoms with Crippen LogP contribution in [0.2, 0.25) is 5.15 Å². The zero-order chi connectivity index (χ0) is 8.39. The van der Waals surface area contributed by atoms with E-state index in [0.717, 1.165) is 5.56 Å². The average molecular weight is 181 g/mol. The Morgan fingerprint density at radius 2 is 2.25 bits per heavy atom. The predicted molar refractivity (Wildman–Crippen MR) is 44.6 cm³/mol. The van der Waals surface area contributed by atoms with Gasteiger partial charge in [-0.1, -0.05) is 11.6 Å². The minimum atomic E-state index is 0.442. The second kappa shape index (κ2) is 2.91. The maximum atomic E-state index is 5.68. The van der Waals surface area contributed by atoms with Crippen molar-refractivity contribution in [2.45, 2.75) is 0 Å². The zero-order valence-electron chi connectivity index (χ0n) is 6.03. The van der Waals surface area contributed by atoms with E-state index in [9.17, 15) is 0 Å². The van der Waals surface area contributed by atoms with Gasteiger partial charge in [0.2, 0.25) is 0 Å². The smallest absolute Gasteiger partial charge is 0.180 e. The largest absolute Gasteiger partial charge is 0.265 e. The highest BCUT2D eigenvalue weighted by atomic mass is 35.5. The van der Waals surface area contributed by atoms with Gasteiger partial charge in [0.05, 0.1) is 0 Å². The molecule has 2 heterocycles. The van der Waals surface area contributed by atoms with Gasteiger partial charge in [-0.15, -0.1) is 0 Å². The van der Waals surface area contributed by atoms with Crippen molar-refractivity contribution >= 4 is 11.6 Å². The molecular formula is C7H5ClN4. The van der Waals surface area contributed by atoms with Gasteiger partial charge in [-0.3, -0.25) is 5.10 Å². The van der Waals surface area contributed by atoms with Crippen molar-refractivity contribution in [2.24, 2.45) is 0 Å². The highest BCUT2D eigenvalue weighted by Gasteiger charge is 2.00. The first-order valence-corrected chi connectivity index (χ1v) is 3.72. The van der Waals surface area contributed by atoms with Crippen molar-refractivity contribution in [2.75, 3.05) is 0 Å². The maximum Gasteiger partial charge on any atom is 0.180 e. The van der Waals surface area contributed by atoms with Gasteiger partial charge in [0.1, 0.15) is 11.5 Å². The Balaban J connectivity index is 2.48. The van der Waals surface area contributed by atoms with Crippen molar-refractivity contribution < 1.29 is 0 Å². The minimum absolute atomic E-state index is 0.442. The third-order valence-electron chi connectivity index (χ3n) is 1.40. The highest BCUT2D eigenvalue weighted by molar-refractivity contribution is 6.29. The lowest BCUT2D eigenvalue weighted by Gasteiger charge is -1.93. The molecule has 2 rings (SSSR count). The van der Waals surface area contributed by atoms with Crippen LogP contribution < -0.4 is 0 Å². The highest BCUT2D eigenvalue weighted by Crippen LogP contribution is 2.15. The Kier molecular flexibility index (Phi) is 1.75. The number of aromatic amines is 1. The molecule has 0 unspecified atom stereocenters. The molecule has 0 saturated carbocycles. The Labute approximate surface area is 73.6 Å². The van der Waals surface area contributed by atoms with Gasteiger partial charge >= 0.3 is 0 Å². The van der Waals surface area contributed by atoms with Gasteiger partial charge in [0, 0.05) is 11.8 Å². The van der Waals surface area contributed by atoms with Gasteiger partial charge in [0.25, 0.3) is 0 Å². The number of hydrogen-bond donors (Lipinski definition) is 1. The normalized spacial score (nSPS) is 10.1.